The average molecular weight is 317 g/mol. The van der Waals surface area contributed by atoms with Gasteiger partial charge in [-0.15, -0.1) is 0 Å². The van der Waals surface area contributed by atoms with Crippen molar-refractivity contribution in [3.63, 3.8) is 0 Å². The number of allylic oxidation sites excluding steroid dienone is 1. The lowest BCUT2D eigenvalue weighted by molar-refractivity contribution is 0.0953. The number of ether oxygens (including phenoxy) is 1. The van der Waals surface area contributed by atoms with Gasteiger partial charge >= 0.3 is 0 Å². The minimum Gasteiger partial charge on any atom is -0.385 e. The molecular weight excluding hydrogens is 290 g/mol. The van der Waals surface area contributed by atoms with Crippen LogP contribution < -0.4 is 10.6 Å². The van der Waals surface area contributed by atoms with Gasteiger partial charge in [-0.2, -0.15) is 0 Å². The van der Waals surface area contributed by atoms with Crippen molar-refractivity contribution in [2.24, 2.45) is 0 Å². The maximum Gasteiger partial charge on any atom is 0.252 e. The van der Waals surface area contributed by atoms with E-state index >= 15 is 0 Å². The molecule has 0 spiro atoms. The van der Waals surface area contributed by atoms with Crippen molar-refractivity contribution < 1.29 is 9.53 Å². The molecule has 126 valence electrons. The fraction of sp³-hybridized carbons (Fsp3) is 0.556. The number of methoxy groups -OCH3 is 1. The maximum atomic E-state index is 12.2. The standard InChI is InChI=1S/C18H27N3O2/c1-23-11-5-9-20-17-12-16(13-19-14-17)18(22)21-10-8-15-6-3-2-4-7-15/h6,12-14,20H,2-5,7-11H2,1H3,(H,21,22). The van der Waals surface area contributed by atoms with Crippen LogP contribution in [0.15, 0.2) is 30.1 Å². The van der Waals surface area contributed by atoms with Crippen LogP contribution in [0.25, 0.3) is 0 Å². The Kier molecular flexibility index (Phi) is 7.60. The second kappa shape index (κ2) is 10.0. The highest BCUT2D eigenvalue weighted by Gasteiger charge is 2.08. The van der Waals surface area contributed by atoms with Gasteiger partial charge in [-0.25, -0.2) is 0 Å². The van der Waals surface area contributed by atoms with Gasteiger partial charge in [0.25, 0.3) is 5.91 Å². The van der Waals surface area contributed by atoms with E-state index in [0.717, 1.165) is 31.7 Å². The summed E-state index contributed by atoms with van der Waals surface area (Å²) in [6.07, 6.45) is 12.5. The third-order valence-corrected chi connectivity index (χ3v) is 3.97. The summed E-state index contributed by atoms with van der Waals surface area (Å²) in [5.41, 5.74) is 2.94. The highest BCUT2D eigenvalue weighted by Crippen LogP contribution is 2.19. The molecule has 0 aromatic carbocycles. The van der Waals surface area contributed by atoms with Crippen LogP contribution in [0.5, 0.6) is 0 Å². The van der Waals surface area contributed by atoms with Gasteiger partial charge in [-0.05, 0) is 44.6 Å². The number of aromatic nitrogens is 1. The van der Waals surface area contributed by atoms with E-state index in [2.05, 4.69) is 21.7 Å². The van der Waals surface area contributed by atoms with E-state index in [9.17, 15) is 4.79 Å². The van der Waals surface area contributed by atoms with Gasteiger partial charge in [0.05, 0.1) is 11.3 Å². The lowest BCUT2D eigenvalue weighted by Crippen LogP contribution is -2.25. The predicted octanol–water partition coefficient (Wildman–Crippen LogP) is 3.15. The van der Waals surface area contributed by atoms with E-state index in [1.807, 2.05) is 6.07 Å². The fourth-order valence-corrected chi connectivity index (χ4v) is 2.68. The first kappa shape index (κ1) is 17.5. The van der Waals surface area contributed by atoms with Gasteiger partial charge in [0.1, 0.15) is 0 Å². The maximum absolute atomic E-state index is 12.2. The summed E-state index contributed by atoms with van der Waals surface area (Å²) >= 11 is 0. The Morgan fingerprint density at radius 1 is 1.30 bits per heavy atom. The number of nitrogens with one attached hydrogen (secondary N) is 2. The second-order valence-electron chi connectivity index (χ2n) is 5.85. The van der Waals surface area contributed by atoms with Crippen LogP contribution in [-0.4, -0.2) is 37.7 Å². The Morgan fingerprint density at radius 3 is 3.00 bits per heavy atom. The van der Waals surface area contributed by atoms with Crippen molar-refractivity contribution in [1.29, 1.82) is 0 Å². The van der Waals surface area contributed by atoms with Gasteiger partial charge in [0, 0.05) is 39.2 Å². The Bertz CT molecular complexity index is 529. The van der Waals surface area contributed by atoms with Crippen LogP contribution >= 0.6 is 0 Å². The summed E-state index contributed by atoms with van der Waals surface area (Å²) < 4.78 is 5.01. The number of pyridine rings is 1. The first-order valence-corrected chi connectivity index (χ1v) is 8.43. The topological polar surface area (TPSA) is 63.2 Å². The summed E-state index contributed by atoms with van der Waals surface area (Å²) in [7, 11) is 1.69. The smallest absolute Gasteiger partial charge is 0.252 e. The normalized spacial score (nSPS) is 14.2. The van der Waals surface area contributed by atoms with E-state index < -0.39 is 0 Å². The zero-order chi connectivity index (χ0) is 16.3. The third-order valence-electron chi connectivity index (χ3n) is 3.97. The molecule has 5 heteroatoms. The molecule has 1 aliphatic rings. The first-order chi connectivity index (χ1) is 11.3. The number of anilines is 1. The fourth-order valence-electron chi connectivity index (χ4n) is 2.68. The molecule has 1 heterocycles. The van der Waals surface area contributed by atoms with Crippen molar-refractivity contribution in [3.05, 3.63) is 35.7 Å². The quantitative estimate of drug-likeness (QED) is 0.542. The summed E-state index contributed by atoms with van der Waals surface area (Å²) in [5.74, 6) is -0.0607. The number of hydrogen-bond donors (Lipinski definition) is 2. The van der Waals surface area contributed by atoms with Gasteiger partial charge in [0.2, 0.25) is 0 Å². The van der Waals surface area contributed by atoms with Gasteiger partial charge in [-0.3, -0.25) is 9.78 Å². The van der Waals surface area contributed by atoms with Gasteiger partial charge in [-0.1, -0.05) is 11.6 Å². The molecule has 0 fully saturated rings. The van der Waals surface area contributed by atoms with Crippen molar-refractivity contribution in [1.82, 2.24) is 10.3 Å². The van der Waals surface area contributed by atoms with E-state index in [0.29, 0.717) is 12.1 Å². The molecule has 1 aromatic rings. The molecule has 1 aliphatic carbocycles. The number of rotatable bonds is 9. The summed E-state index contributed by atoms with van der Waals surface area (Å²) in [5, 5.41) is 6.23. The number of amides is 1. The number of nitrogens with zero attached hydrogens (tertiary/aromatic N) is 1. The molecule has 23 heavy (non-hydrogen) atoms. The molecule has 0 atom stereocenters. The molecule has 1 aromatic heterocycles. The average Bonchev–Trinajstić information content (AvgIpc) is 2.60. The molecule has 1 amide bonds. The van der Waals surface area contributed by atoms with Crippen LogP contribution in [-0.2, 0) is 4.74 Å². The highest BCUT2D eigenvalue weighted by molar-refractivity contribution is 5.94. The largest absolute Gasteiger partial charge is 0.385 e. The highest BCUT2D eigenvalue weighted by atomic mass is 16.5. The number of hydrogen-bond acceptors (Lipinski definition) is 4. The van der Waals surface area contributed by atoms with Crippen LogP contribution in [0.3, 0.4) is 0 Å². The van der Waals surface area contributed by atoms with E-state index in [-0.39, 0.29) is 5.91 Å². The van der Waals surface area contributed by atoms with Crippen LogP contribution in [0.2, 0.25) is 0 Å². The first-order valence-electron chi connectivity index (χ1n) is 8.43. The van der Waals surface area contributed by atoms with E-state index in [1.165, 1.54) is 31.3 Å². The van der Waals surface area contributed by atoms with Crippen LogP contribution in [0.4, 0.5) is 5.69 Å². The third kappa shape index (κ3) is 6.40. The van der Waals surface area contributed by atoms with Crippen LogP contribution in [0, 0.1) is 0 Å². The number of carbonyl (C=O) groups is 1. The molecular formula is C18H27N3O2. The zero-order valence-corrected chi connectivity index (χ0v) is 13.9. The Balaban J connectivity index is 1.76. The minimum absolute atomic E-state index is 0.0607. The molecule has 0 unspecified atom stereocenters. The Labute approximate surface area is 138 Å². The predicted molar refractivity (Wildman–Crippen MR) is 92.7 cm³/mol. The molecule has 0 saturated heterocycles. The molecule has 2 rings (SSSR count). The summed E-state index contributed by atoms with van der Waals surface area (Å²) in [4.78, 5) is 16.3. The van der Waals surface area contributed by atoms with Crippen molar-refractivity contribution in [2.75, 3.05) is 32.1 Å². The molecule has 0 aliphatic heterocycles. The Hall–Kier alpha value is -1.88. The molecule has 2 N–H and O–H groups in total. The van der Waals surface area contributed by atoms with Crippen molar-refractivity contribution in [2.45, 2.75) is 38.5 Å². The Morgan fingerprint density at radius 2 is 2.22 bits per heavy atom. The molecule has 0 saturated carbocycles. The van der Waals surface area contributed by atoms with Gasteiger partial charge in [0.15, 0.2) is 0 Å². The molecule has 0 bridgehead atoms. The lowest BCUT2D eigenvalue weighted by atomic mass is 9.97. The summed E-state index contributed by atoms with van der Waals surface area (Å²) in [6.45, 7) is 2.21. The molecule has 5 nitrogen and oxygen atoms in total. The van der Waals surface area contributed by atoms with E-state index in [1.54, 1.807) is 19.5 Å². The van der Waals surface area contributed by atoms with Crippen molar-refractivity contribution >= 4 is 11.6 Å². The second-order valence-corrected chi connectivity index (χ2v) is 5.85. The SMILES string of the molecule is COCCCNc1cncc(C(=O)NCCC2=CCCCC2)c1. The monoisotopic (exact) mass is 317 g/mol. The van der Waals surface area contributed by atoms with Crippen molar-refractivity contribution in [3.8, 4) is 0 Å². The zero-order valence-electron chi connectivity index (χ0n) is 13.9. The van der Waals surface area contributed by atoms with Crippen LogP contribution in [0.1, 0.15) is 48.9 Å². The minimum atomic E-state index is -0.0607. The molecule has 0 radical (unpaired) electrons. The van der Waals surface area contributed by atoms with E-state index in [4.69, 9.17) is 4.74 Å². The van der Waals surface area contributed by atoms with Gasteiger partial charge < -0.3 is 15.4 Å². The lowest BCUT2D eigenvalue weighted by Gasteiger charge is -2.13. The summed E-state index contributed by atoms with van der Waals surface area (Å²) in [6, 6.07) is 1.84. The number of carbonyl (C=O) groups excluding carboxylic acids is 1.